The van der Waals surface area contributed by atoms with Crippen molar-refractivity contribution in [2.24, 2.45) is 17.3 Å². The summed E-state index contributed by atoms with van der Waals surface area (Å²) in [5.41, 5.74) is -0.830. The van der Waals surface area contributed by atoms with Crippen LogP contribution in [0.25, 0.3) is 0 Å². The third-order valence-corrected chi connectivity index (χ3v) is 6.14. The van der Waals surface area contributed by atoms with Gasteiger partial charge >= 0.3 is 5.97 Å². The second kappa shape index (κ2) is 5.53. The summed E-state index contributed by atoms with van der Waals surface area (Å²) in [6.07, 6.45) is 6.29. The SMILES string of the molecule is CC(C)(C)c1nnc(COC(=O)CC23C[C@H]4C[C@@H](CC(O)(C4)C2)C3)o1. The van der Waals surface area contributed by atoms with E-state index in [0.717, 1.165) is 32.1 Å². The first-order valence-electron chi connectivity index (χ1n) is 9.36. The molecular formula is C19H28N2O4. The fourth-order valence-electron chi connectivity index (χ4n) is 5.72. The highest BCUT2D eigenvalue weighted by Crippen LogP contribution is 2.62. The topological polar surface area (TPSA) is 85.5 Å². The van der Waals surface area contributed by atoms with E-state index in [1.54, 1.807) is 0 Å². The van der Waals surface area contributed by atoms with Crippen molar-refractivity contribution in [3.8, 4) is 0 Å². The molecule has 0 amide bonds. The van der Waals surface area contributed by atoms with E-state index in [4.69, 9.17) is 9.15 Å². The molecular weight excluding hydrogens is 320 g/mol. The molecule has 4 bridgehead atoms. The van der Waals surface area contributed by atoms with E-state index in [-0.39, 0.29) is 23.4 Å². The minimum absolute atomic E-state index is 0.0229. The zero-order valence-electron chi connectivity index (χ0n) is 15.4. The minimum Gasteiger partial charge on any atom is -0.456 e. The maximum Gasteiger partial charge on any atom is 0.306 e. The molecule has 1 aromatic heterocycles. The molecule has 5 rings (SSSR count). The second-order valence-corrected chi connectivity index (χ2v) is 9.77. The molecule has 0 unspecified atom stereocenters. The van der Waals surface area contributed by atoms with Gasteiger partial charge in [-0.3, -0.25) is 4.79 Å². The predicted octanol–water partition coefficient (Wildman–Crippen LogP) is 3.13. The summed E-state index contributed by atoms with van der Waals surface area (Å²) >= 11 is 0. The number of carbonyl (C=O) groups excluding carboxylic acids is 1. The van der Waals surface area contributed by atoms with Crippen molar-refractivity contribution < 1.29 is 19.1 Å². The summed E-state index contributed by atoms with van der Waals surface area (Å²) in [6, 6.07) is 0. The largest absolute Gasteiger partial charge is 0.456 e. The lowest BCUT2D eigenvalue weighted by Gasteiger charge is -2.60. The predicted molar refractivity (Wildman–Crippen MR) is 89.5 cm³/mol. The number of carbonyl (C=O) groups is 1. The Morgan fingerprint density at radius 2 is 1.92 bits per heavy atom. The van der Waals surface area contributed by atoms with Gasteiger partial charge in [-0.1, -0.05) is 20.8 Å². The molecule has 4 fully saturated rings. The van der Waals surface area contributed by atoms with E-state index < -0.39 is 5.60 Å². The van der Waals surface area contributed by atoms with Gasteiger partial charge in [0, 0.05) is 5.41 Å². The van der Waals surface area contributed by atoms with Gasteiger partial charge in [-0.2, -0.15) is 0 Å². The van der Waals surface area contributed by atoms with Crippen LogP contribution in [0.4, 0.5) is 0 Å². The highest BCUT2D eigenvalue weighted by Gasteiger charge is 2.57. The first-order chi connectivity index (χ1) is 11.6. The summed E-state index contributed by atoms with van der Waals surface area (Å²) in [4.78, 5) is 12.4. The van der Waals surface area contributed by atoms with E-state index in [2.05, 4.69) is 10.2 Å². The molecule has 0 aromatic carbocycles. The van der Waals surface area contributed by atoms with Crippen LogP contribution in [0.1, 0.15) is 77.5 Å². The maximum absolute atomic E-state index is 12.4. The fraction of sp³-hybridized carbons (Fsp3) is 0.842. The normalized spacial score (nSPS) is 36.6. The van der Waals surface area contributed by atoms with E-state index >= 15 is 0 Å². The van der Waals surface area contributed by atoms with E-state index in [0.29, 0.717) is 30.0 Å². The van der Waals surface area contributed by atoms with Crippen LogP contribution in [0.3, 0.4) is 0 Å². The highest BCUT2D eigenvalue weighted by molar-refractivity contribution is 5.70. The summed E-state index contributed by atoms with van der Waals surface area (Å²) in [5.74, 6) is 1.80. The van der Waals surface area contributed by atoms with Gasteiger partial charge in [-0.25, -0.2) is 0 Å². The van der Waals surface area contributed by atoms with Crippen LogP contribution in [-0.2, 0) is 21.6 Å². The van der Waals surface area contributed by atoms with Crippen molar-refractivity contribution >= 4 is 5.97 Å². The van der Waals surface area contributed by atoms with Crippen molar-refractivity contribution in [3.63, 3.8) is 0 Å². The van der Waals surface area contributed by atoms with Gasteiger partial charge in [0.2, 0.25) is 5.89 Å². The zero-order chi connectivity index (χ0) is 17.9. The Morgan fingerprint density at radius 3 is 2.48 bits per heavy atom. The molecule has 4 aliphatic rings. The molecule has 4 aliphatic carbocycles. The standard InChI is InChI=1S/C19H28N2O4/c1-17(2,3)16-21-20-14(25-16)10-24-15(22)9-18-5-12-4-13(6-18)8-19(23,7-12)11-18/h12-13,23H,4-11H2,1-3H3/t12-,13-,18?,19?/m1/s1. The van der Waals surface area contributed by atoms with Crippen LogP contribution in [0, 0.1) is 17.3 Å². The van der Waals surface area contributed by atoms with Crippen molar-refractivity contribution in [2.45, 2.75) is 83.3 Å². The van der Waals surface area contributed by atoms with Gasteiger partial charge in [0.15, 0.2) is 6.61 Å². The van der Waals surface area contributed by atoms with Crippen LogP contribution in [0.15, 0.2) is 4.42 Å². The van der Waals surface area contributed by atoms with Crippen LogP contribution < -0.4 is 0 Å². The Bertz CT molecular complexity index is 661. The van der Waals surface area contributed by atoms with Gasteiger partial charge in [-0.15, -0.1) is 10.2 Å². The highest BCUT2D eigenvalue weighted by atomic mass is 16.5. The Kier molecular flexibility index (Phi) is 3.76. The van der Waals surface area contributed by atoms with E-state index in [1.807, 2.05) is 20.8 Å². The molecule has 1 heterocycles. The van der Waals surface area contributed by atoms with Gasteiger partial charge < -0.3 is 14.3 Å². The molecule has 4 saturated carbocycles. The number of rotatable bonds is 4. The molecule has 0 saturated heterocycles. The first-order valence-corrected chi connectivity index (χ1v) is 9.36. The number of ether oxygens (including phenoxy) is 1. The number of aliphatic hydroxyl groups is 1. The Morgan fingerprint density at radius 1 is 1.24 bits per heavy atom. The lowest BCUT2D eigenvalue weighted by Crippen LogP contribution is -2.56. The van der Waals surface area contributed by atoms with E-state index in [9.17, 15) is 9.90 Å². The van der Waals surface area contributed by atoms with Crippen molar-refractivity contribution in [3.05, 3.63) is 11.8 Å². The number of nitrogens with zero attached hydrogens (tertiary/aromatic N) is 2. The molecule has 138 valence electrons. The molecule has 6 heteroatoms. The van der Waals surface area contributed by atoms with Gasteiger partial charge in [0.05, 0.1) is 12.0 Å². The molecule has 1 aromatic rings. The number of esters is 1. The van der Waals surface area contributed by atoms with Crippen molar-refractivity contribution in [1.29, 1.82) is 0 Å². The summed E-state index contributed by atoms with van der Waals surface area (Å²) in [6.45, 7) is 6.01. The van der Waals surface area contributed by atoms with E-state index in [1.165, 1.54) is 6.42 Å². The van der Waals surface area contributed by atoms with Crippen LogP contribution in [-0.4, -0.2) is 26.9 Å². The molecule has 6 nitrogen and oxygen atoms in total. The van der Waals surface area contributed by atoms with Gasteiger partial charge in [0.25, 0.3) is 5.89 Å². The summed E-state index contributed by atoms with van der Waals surface area (Å²) < 4.78 is 11.0. The quantitative estimate of drug-likeness (QED) is 0.842. The lowest BCUT2D eigenvalue weighted by molar-refractivity contribution is -0.177. The average molecular weight is 348 g/mol. The van der Waals surface area contributed by atoms with Gasteiger partial charge in [-0.05, 0) is 55.8 Å². The maximum atomic E-state index is 12.4. The third-order valence-electron chi connectivity index (χ3n) is 6.14. The molecule has 0 radical (unpaired) electrons. The fourth-order valence-corrected chi connectivity index (χ4v) is 5.72. The molecule has 2 atom stereocenters. The number of hydrogen-bond acceptors (Lipinski definition) is 6. The van der Waals surface area contributed by atoms with Crippen LogP contribution in [0.5, 0.6) is 0 Å². The number of hydrogen-bond donors (Lipinski definition) is 1. The smallest absolute Gasteiger partial charge is 0.306 e. The molecule has 25 heavy (non-hydrogen) atoms. The Balaban J connectivity index is 1.36. The van der Waals surface area contributed by atoms with Gasteiger partial charge in [0.1, 0.15) is 0 Å². The minimum atomic E-state index is -0.543. The van der Waals surface area contributed by atoms with Crippen molar-refractivity contribution in [2.75, 3.05) is 0 Å². The Hall–Kier alpha value is -1.43. The first kappa shape index (κ1) is 17.0. The lowest BCUT2D eigenvalue weighted by atomic mass is 9.47. The second-order valence-electron chi connectivity index (χ2n) is 9.77. The Labute approximate surface area is 148 Å². The molecule has 1 N–H and O–H groups in total. The van der Waals surface area contributed by atoms with Crippen molar-refractivity contribution in [1.82, 2.24) is 10.2 Å². The average Bonchev–Trinajstić information content (AvgIpc) is 2.90. The molecule has 0 aliphatic heterocycles. The van der Waals surface area contributed by atoms with Crippen LogP contribution >= 0.6 is 0 Å². The summed E-state index contributed by atoms with van der Waals surface area (Å²) in [7, 11) is 0. The summed E-state index contributed by atoms with van der Waals surface area (Å²) in [5, 5.41) is 18.8. The molecule has 0 spiro atoms. The third kappa shape index (κ3) is 3.33. The number of aromatic nitrogens is 2. The zero-order valence-corrected chi connectivity index (χ0v) is 15.4. The monoisotopic (exact) mass is 348 g/mol. The van der Waals surface area contributed by atoms with Crippen LogP contribution in [0.2, 0.25) is 0 Å².